The van der Waals surface area contributed by atoms with E-state index in [9.17, 15) is 9.18 Å². The Morgan fingerprint density at radius 2 is 1.91 bits per heavy atom. The molecule has 6 heteroatoms. The standard InChI is InChI=1S/C17H17FN2O3/c1-20(9-12-2-7-15-16(8-12)23-11-22-15)10-17(21)19-14-5-3-13(18)4-6-14/h2-8H,9-11H2,1H3,(H,19,21). The number of nitrogens with zero attached hydrogens (tertiary/aromatic N) is 1. The van der Waals surface area contributed by atoms with Crippen LogP contribution in [-0.4, -0.2) is 31.2 Å². The Hall–Kier alpha value is -2.60. The molecule has 1 heterocycles. The number of benzene rings is 2. The number of amides is 1. The lowest BCUT2D eigenvalue weighted by molar-refractivity contribution is -0.117. The number of likely N-dealkylation sites (N-methyl/N-ethyl adjacent to an activating group) is 1. The van der Waals surface area contributed by atoms with Gasteiger partial charge >= 0.3 is 0 Å². The average Bonchev–Trinajstić information content (AvgIpc) is 2.97. The quantitative estimate of drug-likeness (QED) is 0.921. The molecule has 0 spiro atoms. The molecule has 0 aromatic heterocycles. The fraction of sp³-hybridized carbons (Fsp3) is 0.235. The van der Waals surface area contributed by atoms with E-state index >= 15 is 0 Å². The number of nitrogens with one attached hydrogen (secondary N) is 1. The summed E-state index contributed by atoms with van der Waals surface area (Å²) in [4.78, 5) is 13.9. The van der Waals surface area contributed by atoms with Gasteiger partial charge in [0.05, 0.1) is 6.54 Å². The van der Waals surface area contributed by atoms with Gasteiger partial charge in [-0.25, -0.2) is 4.39 Å². The van der Waals surface area contributed by atoms with Crippen LogP contribution in [0.15, 0.2) is 42.5 Å². The zero-order chi connectivity index (χ0) is 16.2. The van der Waals surface area contributed by atoms with Gasteiger partial charge in [-0.3, -0.25) is 9.69 Å². The van der Waals surface area contributed by atoms with E-state index in [0.29, 0.717) is 12.2 Å². The van der Waals surface area contributed by atoms with Crippen molar-refractivity contribution in [1.82, 2.24) is 4.90 Å². The SMILES string of the molecule is CN(CC(=O)Nc1ccc(F)cc1)Cc1ccc2c(c1)OCO2. The first-order valence-electron chi connectivity index (χ1n) is 7.22. The molecule has 0 saturated heterocycles. The van der Waals surface area contributed by atoms with Crippen molar-refractivity contribution in [3.63, 3.8) is 0 Å². The molecular weight excluding hydrogens is 299 g/mol. The van der Waals surface area contributed by atoms with Gasteiger partial charge in [0, 0.05) is 12.2 Å². The molecule has 0 atom stereocenters. The van der Waals surface area contributed by atoms with E-state index in [4.69, 9.17) is 9.47 Å². The van der Waals surface area contributed by atoms with Crippen LogP contribution in [0.3, 0.4) is 0 Å². The molecular formula is C17H17FN2O3. The molecule has 3 rings (SSSR count). The largest absolute Gasteiger partial charge is 0.454 e. The van der Waals surface area contributed by atoms with Gasteiger partial charge in [0.25, 0.3) is 0 Å². The monoisotopic (exact) mass is 316 g/mol. The molecule has 2 aromatic carbocycles. The summed E-state index contributed by atoms with van der Waals surface area (Å²) in [5.41, 5.74) is 1.61. The third kappa shape index (κ3) is 3.98. The highest BCUT2D eigenvalue weighted by Crippen LogP contribution is 2.32. The van der Waals surface area contributed by atoms with E-state index < -0.39 is 0 Å². The van der Waals surface area contributed by atoms with E-state index in [2.05, 4.69) is 5.32 Å². The third-order valence-corrected chi connectivity index (χ3v) is 3.43. The molecule has 5 nitrogen and oxygen atoms in total. The van der Waals surface area contributed by atoms with Gasteiger partial charge in [-0.15, -0.1) is 0 Å². The predicted molar refractivity (Wildman–Crippen MR) is 83.9 cm³/mol. The minimum atomic E-state index is -0.331. The van der Waals surface area contributed by atoms with Crippen LogP contribution in [0, 0.1) is 5.82 Å². The molecule has 1 amide bonds. The van der Waals surface area contributed by atoms with Crippen LogP contribution in [0.2, 0.25) is 0 Å². The molecule has 1 aliphatic rings. The highest BCUT2D eigenvalue weighted by atomic mass is 19.1. The van der Waals surface area contributed by atoms with Gasteiger partial charge < -0.3 is 14.8 Å². The smallest absolute Gasteiger partial charge is 0.238 e. The topological polar surface area (TPSA) is 50.8 Å². The summed E-state index contributed by atoms with van der Waals surface area (Å²) in [6, 6.07) is 11.4. The maximum Gasteiger partial charge on any atom is 0.238 e. The molecule has 120 valence electrons. The molecule has 0 fully saturated rings. The Labute approximate surface area is 133 Å². The second-order valence-corrected chi connectivity index (χ2v) is 5.41. The van der Waals surface area contributed by atoms with Crippen LogP contribution in [0.4, 0.5) is 10.1 Å². The zero-order valence-corrected chi connectivity index (χ0v) is 12.7. The maximum absolute atomic E-state index is 12.8. The van der Waals surface area contributed by atoms with Crippen molar-refractivity contribution in [3.8, 4) is 11.5 Å². The van der Waals surface area contributed by atoms with Crippen molar-refractivity contribution in [2.75, 3.05) is 25.7 Å². The van der Waals surface area contributed by atoms with Crippen molar-refractivity contribution >= 4 is 11.6 Å². The third-order valence-electron chi connectivity index (χ3n) is 3.43. The first-order chi connectivity index (χ1) is 11.1. The number of carbonyl (C=O) groups excluding carboxylic acids is 1. The number of anilines is 1. The zero-order valence-electron chi connectivity index (χ0n) is 12.7. The normalized spacial score (nSPS) is 12.5. The van der Waals surface area contributed by atoms with Crippen molar-refractivity contribution in [2.24, 2.45) is 0 Å². The Balaban J connectivity index is 1.53. The average molecular weight is 316 g/mol. The molecule has 1 aliphatic heterocycles. The molecule has 1 N–H and O–H groups in total. The number of hydrogen-bond donors (Lipinski definition) is 1. The Morgan fingerprint density at radius 1 is 1.17 bits per heavy atom. The van der Waals surface area contributed by atoms with Crippen LogP contribution in [0.1, 0.15) is 5.56 Å². The van der Waals surface area contributed by atoms with Crippen LogP contribution in [0.25, 0.3) is 0 Å². The number of ether oxygens (including phenoxy) is 2. The minimum Gasteiger partial charge on any atom is -0.454 e. The Kier molecular flexibility index (Phi) is 4.43. The number of halogens is 1. The van der Waals surface area contributed by atoms with E-state index in [0.717, 1.165) is 17.1 Å². The van der Waals surface area contributed by atoms with Gasteiger partial charge in [0.15, 0.2) is 11.5 Å². The molecule has 0 aliphatic carbocycles. The first-order valence-corrected chi connectivity index (χ1v) is 7.22. The Morgan fingerprint density at radius 3 is 2.70 bits per heavy atom. The van der Waals surface area contributed by atoms with Crippen LogP contribution >= 0.6 is 0 Å². The lowest BCUT2D eigenvalue weighted by atomic mass is 10.2. The summed E-state index contributed by atoms with van der Waals surface area (Å²) < 4.78 is 23.4. The van der Waals surface area contributed by atoms with Crippen molar-refractivity contribution in [2.45, 2.75) is 6.54 Å². The van der Waals surface area contributed by atoms with Crippen LogP contribution in [0.5, 0.6) is 11.5 Å². The van der Waals surface area contributed by atoms with E-state index in [1.165, 1.54) is 24.3 Å². The van der Waals surface area contributed by atoms with Crippen molar-refractivity contribution in [3.05, 3.63) is 53.8 Å². The predicted octanol–water partition coefficient (Wildman–Crippen LogP) is 2.62. The van der Waals surface area contributed by atoms with Gasteiger partial charge in [-0.1, -0.05) is 6.07 Å². The summed E-state index contributed by atoms with van der Waals surface area (Å²) in [6.45, 7) is 1.08. The van der Waals surface area contributed by atoms with Crippen molar-refractivity contribution in [1.29, 1.82) is 0 Å². The highest BCUT2D eigenvalue weighted by Gasteiger charge is 2.14. The van der Waals surface area contributed by atoms with Crippen molar-refractivity contribution < 1.29 is 18.7 Å². The number of fused-ring (bicyclic) bond motifs is 1. The van der Waals surface area contributed by atoms with Gasteiger partial charge in [0.2, 0.25) is 12.7 Å². The molecule has 0 unspecified atom stereocenters. The van der Waals surface area contributed by atoms with E-state index in [1.807, 2.05) is 30.1 Å². The lowest BCUT2D eigenvalue weighted by Gasteiger charge is -2.16. The summed E-state index contributed by atoms with van der Waals surface area (Å²) in [5, 5.41) is 2.74. The molecule has 2 aromatic rings. The second kappa shape index (κ2) is 6.66. The first kappa shape index (κ1) is 15.3. The fourth-order valence-electron chi connectivity index (χ4n) is 2.39. The summed E-state index contributed by atoms with van der Waals surface area (Å²) in [7, 11) is 1.86. The van der Waals surface area contributed by atoms with Gasteiger partial charge in [0.1, 0.15) is 5.82 Å². The van der Waals surface area contributed by atoms with Gasteiger partial charge in [-0.2, -0.15) is 0 Å². The second-order valence-electron chi connectivity index (χ2n) is 5.41. The summed E-state index contributed by atoms with van der Waals surface area (Å²) in [5.74, 6) is 0.986. The van der Waals surface area contributed by atoms with Gasteiger partial charge in [-0.05, 0) is 49.0 Å². The molecule has 0 bridgehead atoms. The lowest BCUT2D eigenvalue weighted by Crippen LogP contribution is -2.29. The molecule has 0 radical (unpaired) electrons. The van der Waals surface area contributed by atoms with E-state index in [1.54, 1.807) is 0 Å². The summed E-state index contributed by atoms with van der Waals surface area (Å²) in [6.07, 6.45) is 0. The van der Waals surface area contributed by atoms with E-state index in [-0.39, 0.29) is 25.1 Å². The van der Waals surface area contributed by atoms with Crippen LogP contribution in [-0.2, 0) is 11.3 Å². The number of rotatable bonds is 5. The number of hydrogen-bond acceptors (Lipinski definition) is 4. The molecule has 23 heavy (non-hydrogen) atoms. The Bertz CT molecular complexity index is 703. The highest BCUT2D eigenvalue weighted by molar-refractivity contribution is 5.92. The number of carbonyl (C=O) groups is 1. The van der Waals surface area contributed by atoms with Crippen LogP contribution < -0.4 is 14.8 Å². The molecule has 0 saturated carbocycles. The minimum absolute atomic E-state index is 0.153. The summed E-state index contributed by atoms with van der Waals surface area (Å²) >= 11 is 0. The fourth-order valence-corrected chi connectivity index (χ4v) is 2.39. The maximum atomic E-state index is 12.8.